The summed E-state index contributed by atoms with van der Waals surface area (Å²) in [5.41, 5.74) is 0.797. The number of nitrogens with zero attached hydrogens (tertiary/aromatic N) is 2. The minimum Gasteiger partial charge on any atom is -0.329 e. The number of likely N-dealkylation sites (N-methyl/N-ethyl adjacent to an activating group) is 1. The van der Waals surface area contributed by atoms with Gasteiger partial charge in [0.25, 0.3) is 0 Å². The summed E-state index contributed by atoms with van der Waals surface area (Å²) in [7, 11) is 0. The summed E-state index contributed by atoms with van der Waals surface area (Å²) in [5, 5.41) is 9.15. The van der Waals surface area contributed by atoms with E-state index in [4.69, 9.17) is 16.9 Å². The van der Waals surface area contributed by atoms with Gasteiger partial charge in [-0.15, -0.1) is 0 Å². The first kappa shape index (κ1) is 12.5. The first-order valence-electron chi connectivity index (χ1n) is 5.07. The van der Waals surface area contributed by atoms with E-state index in [2.05, 4.69) is 0 Å². The molecule has 0 bridgehead atoms. The number of carbonyl (C=O) groups is 1. The minimum absolute atomic E-state index is 0.0721. The smallest absolute Gasteiger partial charge is 0.227 e. The summed E-state index contributed by atoms with van der Waals surface area (Å²) in [5.74, 6) is -0.0721. The maximum Gasteiger partial charge on any atom is 0.227 e. The standard InChI is InChI=1S/C12H13ClN2O/c1-2-15(8-7-14)12(16)9-10-5-3-4-6-11(10)13/h3-6H,2,8-9H2,1H3. The van der Waals surface area contributed by atoms with E-state index in [1.54, 1.807) is 6.07 Å². The largest absolute Gasteiger partial charge is 0.329 e. The normalized spacial score (nSPS) is 9.56. The number of hydrogen-bond acceptors (Lipinski definition) is 2. The van der Waals surface area contributed by atoms with Gasteiger partial charge in [0.05, 0.1) is 12.5 Å². The monoisotopic (exact) mass is 236 g/mol. The van der Waals surface area contributed by atoms with Crippen molar-refractivity contribution in [3.05, 3.63) is 34.9 Å². The van der Waals surface area contributed by atoms with E-state index in [0.717, 1.165) is 5.56 Å². The Morgan fingerprint density at radius 3 is 2.75 bits per heavy atom. The molecule has 4 heteroatoms. The Balaban J connectivity index is 2.71. The van der Waals surface area contributed by atoms with Gasteiger partial charge in [-0.1, -0.05) is 29.8 Å². The van der Waals surface area contributed by atoms with Gasteiger partial charge in [0, 0.05) is 11.6 Å². The Hall–Kier alpha value is -1.53. The quantitative estimate of drug-likeness (QED) is 0.753. The Morgan fingerprint density at radius 1 is 1.50 bits per heavy atom. The summed E-state index contributed by atoms with van der Waals surface area (Å²) in [6.07, 6.45) is 0.245. The topological polar surface area (TPSA) is 44.1 Å². The predicted octanol–water partition coefficient (Wildman–Crippen LogP) is 2.25. The fraction of sp³-hybridized carbons (Fsp3) is 0.333. The van der Waals surface area contributed by atoms with Crippen LogP contribution >= 0.6 is 11.6 Å². The number of halogens is 1. The van der Waals surface area contributed by atoms with Crippen molar-refractivity contribution in [3.63, 3.8) is 0 Å². The SMILES string of the molecule is CCN(CC#N)C(=O)Cc1ccccc1Cl. The average molecular weight is 237 g/mol. The summed E-state index contributed by atoms with van der Waals surface area (Å²) in [6.45, 7) is 2.51. The lowest BCUT2D eigenvalue weighted by atomic mass is 10.1. The van der Waals surface area contributed by atoms with Crippen LogP contribution in [0.1, 0.15) is 12.5 Å². The zero-order chi connectivity index (χ0) is 12.0. The summed E-state index contributed by atoms with van der Waals surface area (Å²) in [4.78, 5) is 13.3. The van der Waals surface area contributed by atoms with Gasteiger partial charge in [-0.2, -0.15) is 5.26 Å². The molecule has 0 aliphatic rings. The first-order valence-corrected chi connectivity index (χ1v) is 5.45. The number of rotatable bonds is 4. The van der Waals surface area contributed by atoms with Gasteiger partial charge in [-0.3, -0.25) is 4.79 Å². The van der Waals surface area contributed by atoms with Gasteiger partial charge in [0.1, 0.15) is 6.54 Å². The van der Waals surface area contributed by atoms with Crippen LogP contribution in [0.25, 0.3) is 0 Å². The molecule has 1 aromatic rings. The Bertz CT molecular complexity index is 412. The van der Waals surface area contributed by atoms with E-state index >= 15 is 0 Å². The van der Waals surface area contributed by atoms with Crippen molar-refractivity contribution >= 4 is 17.5 Å². The number of amides is 1. The molecule has 16 heavy (non-hydrogen) atoms. The molecule has 0 heterocycles. The van der Waals surface area contributed by atoms with Crippen molar-refractivity contribution in [2.75, 3.05) is 13.1 Å². The molecule has 1 aromatic carbocycles. The molecule has 1 rings (SSSR count). The average Bonchev–Trinajstić information content (AvgIpc) is 2.29. The van der Waals surface area contributed by atoms with Crippen LogP contribution in [-0.2, 0) is 11.2 Å². The van der Waals surface area contributed by atoms with Crippen LogP contribution in [0.5, 0.6) is 0 Å². The van der Waals surface area contributed by atoms with Crippen molar-refractivity contribution in [3.8, 4) is 6.07 Å². The summed E-state index contributed by atoms with van der Waals surface area (Å²) in [6, 6.07) is 9.21. The van der Waals surface area contributed by atoms with Crippen LogP contribution in [0, 0.1) is 11.3 Å². The Labute approximate surface area is 100 Å². The first-order chi connectivity index (χ1) is 7.69. The van der Waals surface area contributed by atoms with Crippen LogP contribution in [-0.4, -0.2) is 23.9 Å². The van der Waals surface area contributed by atoms with Crippen molar-refractivity contribution < 1.29 is 4.79 Å². The van der Waals surface area contributed by atoms with Crippen molar-refractivity contribution in [1.82, 2.24) is 4.90 Å². The van der Waals surface area contributed by atoms with Crippen molar-refractivity contribution in [2.45, 2.75) is 13.3 Å². The fourth-order valence-electron chi connectivity index (χ4n) is 1.38. The second-order valence-corrected chi connectivity index (χ2v) is 3.74. The van der Waals surface area contributed by atoms with E-state index in [0.29, 0.717) is 11.6 Å². The Kier molecular flexibility index (Phi) is 4.81. The van der Waals surface area contributed by atoms with Gasteiger partial charge in [0.15, 0.2) is 0 Å². The van der Waals surface area contributed by atoms with E-state index in [9.17, 15) is 4.79 Å². The molecule has 0 saturated heterocycles. The summed E-state index contributed by atoms with van der Waals surface area (Å²) < 4.78 is 0. The third kappa shape index (κ3) is 3.25. The molecular formula is C12H13ClN2O. The lowest BCUT2D eigenvalue weighted by molar-refractivity contribution is -0.129. The fourth-order valence-corrected chi connectivity index (χ4v) is 1.58. The third-order valence-electron chi connectivity index (χ3n) is 2.30. The third-order valence-corrected chi connectivity index (χ3v) is 2.66. The highest BCUT2D eigenvalue weighted by atomic mass is 35.5. The molecule has 0 fully saturated rings. The molecule has 0 spiro atoms. The number of carbonyl (C=O) groups excluding carboxylic acids is 1. The molecule has 3 nitrogen and oxygen atoms in total. The molecule has 84 valence electrons. The number of benzene rings is 1. The second kappa shape index (κ2) is 6.14. The highest BCUT2D eigenvalue weighted by molar-refractivity contribution is 6.31. The Morgan fingerprint density at radius 2 is 2.19 bits per heavy atom. The van der Waals surface area contributed by atoms with E-state index in [-0.39, 0.29) is 18.9 Å². The second-order valence-electron chi connectivity index (χ2n) is 3.33. The van der Waals surface area contributed by atoms with E-state index < -0.39 is 0 Å². The van der Waals surface area contributed by atoms with Gasteiger partial charge in [0.2, 0.25) is 5.91 Å². The van der Waals surface area contributed by atoms with Crippen molar-refractivity contribution in [2.24, 2.45) is 0 Å². The van der Waals surface area contributed by atoms with Crippen LogP contribution in [0.15, 0.2) is 24.3 Å². The van der Waals surface area contributed by atoms with E-state index in [1.165, 1.54) is 4.90 Å². The minimum atomic E-state index is -0.0721. The number of nitriles is 1. The molecule has 1 amide bonds. The summed E-state index contributed by atoms with van der Waals surface area (Å²) >= 11 is 5.96. The van der Waals surface area contributed by atoms with Gasteiger partial charge in [-0.05, 0) is 18.6 Å². The van der Waals surface area contributed by atoms with Crippen LogP contribution in [0.4, 0.5) is 0 Å². The predicted molar refractivity (Wildman–Crippen MR) is 63.0 cm³/mol. The van der Waals surface area contributed by atoms with Crippen LogP contribution in [0.2, 0.25) is 5.02 Å². The molecule has 0 radical (unpaired) electrons. The van der Waals surface area contributed by atoms with Gasteiger partial charge in [-0.25, -0.2) is 0 Å². The molecule has 0 saturated carbocycles. The molecule has 0 atom stereocenters. The highest BCUT2D eigenvalue weighted by Crippen LogP contribution is 2.16. The lowest BCUT2D eigenvalue weighted by Crippen LogP contribution is -2.32. The molecular weight excluding hydrogens is 224 g/mol. The maximum atomic E-state index is 11.8. The van der Waals surface area contributed by atoms with E-state index in [1.807, 2.05) is 31.2 Å². The molecule has 0 N–H and O–H groups in total. The van der Waals surface area contributed by atoms with Crippen molar-refractivity contribution in [1.29, 1.82) is 5.26 Å². The lowest BCUT2D eigenvalue weighted by Gasteiger charge is -2.17. The van der Waals surface area contributed by atoms with Crippen LogP contribution < -0.4 is 0 Å². The zero-order valence-electron chi connectivity index (χ0n) is 9.11. The maximum absolute atomic E-state index is 11.8. The van der Waals surface area contributed by atoms with Gasteiger partial charge < -0.3 is 4.90 Å². The number of hydrogen-bond donors (Lipinski definition) is 0. The highest BCUT2D eigenvalue weighted by Gasteiger charge is 2.12. The molecule has 0 unspecified atom stereocenters. The zero-order valence-corrected chi connectivity index (χ0v) is 9.87. The molecule has 0 aliphatic carbocycles. The molecule has 0 aromatic heterocycles. The van der Waals surface area contributed by atoms with Gasteiger partial charge >= 0.3 is 0 Å². The molecule has 0 aliphatic heterocycles. The van der Waals surface area contributed by atoms with Crippen LogP contribution in [0.3, 0.4) is 0 Å².